The minimum atomic E-state index is -1.59. The number of hydrogen-bond acceptors (Lipinski definition) is 10. The van der Waals surface area contributed by atoms with Crippen molar-refractivity contribution in [3.05, 3.63) is 12.2 Å². The third-order valence-electron chi connectivity index (χ3n) is 16.4. The summed E-state index contributed by atoms with van der Waals surface area (Å²) in [5.41, 5.74) is 0.327. The molecule has 0 aromatic heterocycles. The van der Waals surface area contributed by atoms with E-state index in [0.717, 1.165) is 68.4 Å². The van der Waals surface area contributed by atoms with E-state index in [2.05, 4.69) is 48.1 Å². The van der Waals surface area contributed by atoms with Gasteiger partial charge in [0.25, 0.3) is 0 Å². The maximum atomic E-state index is 13.5. The Bertz CT molecular complexity index is 1340. The SMILES string of the molecule is C=C(C)[C@@H]1CC[C@]2(C(=O)O)CC[C@]3(C)C(CCC4[C@@]5(C)CC[C@H](OC(=O)CN(OC)C6O[C@H](CO)[C@H](O)[C@H](O)[C@@H]6O)C(C)(C)C5CC[C@]43C)C12. The van der Waals surface area contributed by atoms with Crippen molar-refractivity contribution in [1.82, 2.24) is 5.06 Å². The zero-order valence-electron chi connectivity index (χ0n) is 31.3. The first kappa shape index (κ1) is 38.1. The van der Waals surface area contributed by atoms with Crippen LogP contribution in [-0.2, 0) is 23.9 Å². The van der Waals surface area contributed by atoms with Crippen LogP contribution in [0.5, 0.6) is 0 Å². The Balaban J connectivity index is 1.19. The van der Waals surface area contributed by atoms with Gasteiger partial charge in [-0.05, 0) is 117 Å². The van der Waals surface area contributed by atoms with Gasteiger partial charge in [-0.1, -0.05) is 46.8 Å². The Morgan fingerprint density at radius 2 is 1.56 bits per heavy atom. The summed E-state index contributed by atoms with van der Waals surface area (Å²) in [6.45, 7) is 17.5. The number of carbonyl (C=O) groups excluding carboxylic acids is 1. The Morgan fingerprint density at radius 3 is 2.18 bits per heavy atom. The number of aliphatic hydroxyl groups excluding tert-OH is 4. The van der Waals surface area contributed by atoms with Crippen molar-refractivity contribution >= 4 is 11.9 Å². The highest BCUT2D eigenvalue weighted by Gasteiger charge is 2.72. The Hall–Kier alpha value is -1.60. The number of aliphatic carboxylic acids is 1. The van der Waals surface area contributed by atoms with E-state index in [4.69, 9.17) is 14.3 Å². The molecule has 11 heteroatoms. The molecule has 0 spiro atoms. The maximum absolute atomic E-state index is 13.5. The molecule has 5 unspecified atom stereocenters. The van der Waals surface area contributed by atoms with Crippen molar-refractivity contribution in [3.8, 4) is 0 Å². The fourth-order valence-electron chi connectivity index (χ4n) is 13.6. The summed E-state index contributed by atoms with van der Waals surface area (Å²) in [5, 5.41) is 52.4. The molecule has 0 aromatic carbocycles. The third kappa shape index (κ3) is 5.37. The lowest BCUT2D eigenvalue weighted by Crippen LogP contribution is -2.67. The number of nitrogens with zero attached hydrogens (tertiary/aromatic N) is 1. The molecule has 284 valence electrons. The first-order chi connectivity index (χ1) is 23.3. The van der Waals surface area contributed by atoms with Gasteiger partial charge in [0, 0.05) is 5.41 Å². The second-order valence-corrected chi connectivity index (χ2v) is 18.5. The van der Waals surface area contributed by atoms with Crippen molar-refractivity contribution in [2.75, 3.05) is 20.3 Å². The van der Waals surface area contributed by atoms with Gasteiger partial charge in [-0.25, -0.2) is 0 Å². The van der Waals surface area contributed by atoms with E-state index in [1.54, 1.807) is 0 Å². The molecular weight excluding hydrogens is 642 g/mol. The van der Waals surface area contributed by atoms with Crippen molar-refractivity contribution in [2.24, 2.45) is 56.7 Å². The second-order valence-electron chi connectivity index (χ2n) is 18.5. The lowest BCUT2D eigenvalue weighted by atomic mass is 9.32. The predicted octanol–water partition coefficient (Wildman–Crippen LogP) is 4.30. The number of carboxylic acid groups (broad SMARTS) is 1. The van der Waals surface area contributed by atoms with Crippen LogP contribution in [0.4, 0.5) is 0 Å². The van der Waals surface area contributed by atoms with Crippen molar-refractivity contribution in [2.45, 2.75) is 142 Å². The third-order valence-corrected chi connectivity index (χ3v) is 16.4. The molecule has 0 amide bonds. The molecular formula is C39H63NO10. The average Bonchev–Trinajstić information content (AvgIpc) is 3.46. The average molecular weight is 706 g/mol. The molecule has 1 saturated heterocycles. The van der Waals surface area contributed by atoms with Gasteiger partial charge in [-0.15, -0.1) is 5.06 Å². The lowest BCUT2D eigenvalue weighted by molar-refractivity contribution is -0.327. The first-order valence-corrected chi connectivity index (χ1v) is 19.0. The van der Waals surface area contributed by atoms with Crippen LogP contribution >= 0.6 is 0 Å². The monoisotopic (exact) mass is 705 g/mol. The first-order valence-electron chi connectivity index (χ1n) is 19.0. The molecule has 5 saturated carbocycles. The van der Waals surface area contributed by atoms with Gasteiger partial charge < -0.3 is 35.0 Å². The zero-order chi connectivity index (χ0) is 36.8. The fraction of sp³-hybridized carbons (Fsp3) is 0.897. The standard InChI is InChI=1S/C39H63NO10/c1-21(2)22-11-16-39(34(46)47)18-17-37(6)23(29(22)39)9-10-26-36(5)14-13-27(35(3,4)25(36)12-15-38(26,37)7)50-28(42)19-40(48-8)33-32(45)31(44)30(43)24(20-41)49-33/h22-27,29-33,41,43-45H,1,9-20H2,2-8H3,(H,46,47)/t22-,23?,24+,25?,26?,27-,29?,30-,31-,32-,33?,36-,37+,38+,39-/m0/s1. The highest BCUT2D eigenvalue weighted by molar-refractivity contribution is 5.76. The molecule has 6 rings (SSSR count). The van der Waals surface area contributed by atoms with Crippen LogP contribution < -0.4 is 0 Å². The fourth-order valence-corrected chi connectivity index (χ4v) is 13.6. The normalized spacial score (nSPS) is 49.6. The lowest BCUT2D eigenvalue weighted by Gasteiger charge is -2.72. The Morgan fingerprint density at radius 1 is 0.860 bits per heavy atom. The minimum absolute atomic E-state index is 0.0348. The number of esters is 1. The number of hydroxylamine groups is 2. The number of hydrogen-bond donors (Lipinski definition) is 5. The van der Waals surface area contributed by atoms with E-state index in [1.807, 2.05) is 0 Å². The Labute approximate surface area is 297 Å². The molecule has 0 radical (unpaired) electrons. The number of carbonyl (C=O) groups is 2. The van der Waals surface area contributed by atoms with E-state index in [1.165, 1.54) is 7.11 Å². The summed E-state index contributed by atoms with van der Waals surface area (Å²) < 4.78 is 11.8. The Kier molecular flexibility index (Phi) is 9.96. The summed E-state index contributed by atoms with van der Waals surface area (Å²) in [5.74, 6) is 0.404. The predicted molar refractivity (Wildman–Crippen MR) is 184 cm³/mol. The number of fused-ring (bicyclic) bond motifs is 7. The largest absolute Gasteiger partial charge is 0.481 e. The molecule has 5 aliphatic carbocycles. The number of rotatable bonds is 8. The van der Waals surface area contributed by atoms with E-state index < -0.39 is 54.6 Å². The van der Waals surface area contributed by atoms with Crippen LogP contribution in [0.25, 0.3) is 0 Å². The zero-order valence-corrected chi connectivity index (χ0v) is 31.3. The minimum Gasteiger partial charge on any atom is -0.481 e. The van der Waals surface area contributed by atoms with Crippen molar-refractivity contribution < 1.29 is 49.4 Å². The van der Waals surface area contributed by atoms with Gasteiger partial charge in [-0.2, -0.15) is 0 Å². The summed E-state index contributed by atoms with van der Waals surface area (Å²) in [6, 6.07) is 0. The molecule has 1 aliphatic heterocycles. The number of allylic oxidation sites excluding steroid dienone is 1. The van der Waals surface area contributed by atoms with E-state index in [9.17, 15) is 35.1 Å². The summed E-state index contributed by atoms with van der Waals surface area (Å²) in [4.78, 5) is 31.8. The molecule has 0 bridgehead atoms. The molecule has 15 atom stereocenters. The molecule has 5 N–H and O–H groups in total. The summed E-state index contributed by atoms with van der Waals surface area (Å²) >= 11 is 0. The van der Waals surface area contributed by atoms with Crippen LogP contribution in [0.2, 0.25) is 0 Å². The number of carboxylic acids is 1. The van der Waals surface area contributed by atoms with E-state index in [-0.39, 0.29) is 46.1 Å². The maximum Gasteiger partial charge on any atom is 0.323 e. The highest BCUT2D eigenvalue weighted by Crippen LogP contribution is 2.77. The van der Waals surface area contributed by atoms with Crippen LogP contribution in [0, 0.1) is 56.7 Å². The van der Waals surface area contributed by atoms with Crippen molar-refractivity contribution in [3.63, 3.8) is 0 Å². The smallest absolute Gasteiger partial charge is 0.323 e. The van der Waals surface area contributed by atoms with Crippen LogP contribution in [0.15, 0.2) is 12.2 Å². The van der Waals surface area contributed by atoms with Gasteiger partial charge in [-0.3, -0.25) is 14.4 Å². The van der Waals surface area contributed by atoms with Crippen LogP contribution in [0.1, 0.15) is 106 Å². The van der Waals surface area contributed by atoms with Crippen LogP contribution in [0.3, 0.4) is 0 Å². The molecule has 6 fully saturated rings. The molecule has 1 heterocycles. The molecule has 50 heavy (non-hydrogen) atoms. The molecule has 0 aromatic rings. The number of aliphatic hydroxyl groups is 4. The topological polar surface area (TPSA) is 166 Å². The van der Waals surface area contributed by atoms with Gasteiger partial charge in [0.05, 0.1) is 19.1 Å². The van der Waals surface area contributed by atoms with E-state index in [0.29, 0.717) is 24.2 Å². The summed E-state index contributed by atoms with van der Waals surface area (Å²) in [6.07, 6.45) is 1.79. The molecule has 11 nitrogen and oxygen atoms in total. The molecule has 6 aliphatic rings. The van der Waals surface area contributed by atoms with Gasteiger partial charge >= 0.3 is 11.9 Å². The van der Waals surface area contributed by atoms with E-state index >= 15 is 0 Å². The van der Waals surface area contributed by atoms with Gasteiger partial charge in [0.1, 0.15) is 37.1 Å². The summed E-state index contributed by atoms with van der Waals surface area (Å²) in [7, 11) is 1.32. The second kappa shape index (κ2) is 13.1. The van der Waals surface area contributed by atoms with Crippen molar-refractivity contribution in [1.29, 1.82) is 0 Å². The van der Waals surface area contributed by atoms with Crippen LogP contribution in [-0.4, -0.2) is 99.5 Å². The number of ether oxygens (including phenoxy) is 2. The van der Waals surface area contributed by atoms with Gasteiger partial charge in [0.2, 0.25) is 0 Å². The quantitative estimate of drug-likeness (QED) is 0.139. The highest BCUT2D eigenvalue weighted by atomic mass is 16.7. The van der Waals surface area contributed by atoms with Gasteiger partial charge in [0.15, 0.2) is 6.23 Å².